The first-order valence-corrected chi connectivity index (χ1v) is 9.37. The van der Waals surface area contributed by atoms with Crippen LogP contribution in [-0.4, -0.2) is 28.0 Å². The summed E-state index contributed by atoms with van der Waals surface area (Å²) in [5.41, 5.74) is -1.74. The fourth-order valence-corrected chi connectivity index (χ4v) is 3.78. The van der Waals surface area contributed by atoms with Crippen LogP contribution in [0.3, 0.4) is 0 Å². The predicted octanol–water partition coefficient (Wildman–Crippen LogP) is 4.82. The Labute approximate surface area is 156 Å². The van der Waals surface area contributed by atoms with E-state index in [1.54, 1.807) is 4.90 Å². The molecule has 1 amide bonds. The smallest absolute Gasteiger partial charge is 0.337 e. The second-order valence-corrected chi connectivity index (χ2v) is 7.26. The molecular formula is C16H15F3N2O3S2. The minimum absolute atomic E-state index is 0.0310. The maximum Gasteiger partial charge on any atom is 0.416 e. The van der Waals surface area contributed by atoms with E-state index in [0.29, 0.717) is 19.2 Å². The standard InChI is InChI=1S/C16H15F3N2O3S2/c1-2-20(9-12-4-3-7-25-12)15(22)10-26-14-6-5-11(16(17,18)19)8-13(14)21(23)24/h3-8H,2,9-10H2,1H3. The summed E-state index contributed by atoms with van der Waals surface area (Å²) in [7, 11) is 0. The zero-order valence-corrected chi connectivity index (χ0v) is 15.3. The Morgan fingerprint density at radius 3 is 2.62 bits per heavy atom. The van der Waals surface area contributed by atoms with Crippen LogP contribution in [0.15, 0.2) is 40.6 Å². The van der Waals surface area contributed by atoms with Crippen molar-refractivity contribution in [3.05, 3.63) is 56.3 Å². The molecule has 0 saturated carbocycles. The maximum absolute atomic E-state index is 12.7. The number of nitro benzene ring substituents is 1. The second-order valence-electron chi connectivity index (χ2n) is 5.21. The lowest BCUT2D eigenvalue weighted by Crippen LogP contribution is -2.31. The number of thiophene rings is 1. The zero-order chi connectivity index (χ0) is 19.3. The number of hydrogen-bond donors (Lipinski definition) is 0. The molecule has 0 fully saturated rings. The number of benzene rings is 1. The topological polar surface area (TPSA) is 63.5 Å². The van der Waals surface area contributed by atoms with Crippen molar-refractivity contribution < 1.29 is 22.9 Å². The van der Waals surface area contributed by atoms with Gasteiger partial charge in [0.05, 0.1) is 27.7 Å². The van der Waals surface area contributed by atoms with Gasteiger partial charge in [-0.25, -0.2) is 0 Å². The van der Waals surface area contributed by atoms with E-state index in [-0.39, 0.29) is 16.6 Å². The molecule has 0 bridgehead atoms. The van der Waals surface area contributed by atoms with Crippen LogP contribution < -0.4 is 0 Å². The second kappa shape index (κ2) is 8.54. The summed E-state index contributed by atoms with van der Waals surface area (Å²) < 4.78 is 38.2. The van der Waals surface area contributed by atoms with E-state index in [2.05, 4.69) is 0 Å². The van der Waals surface area contributed by atoms with Gasteiger partial charge < -0.3 is 4.90 Å². The highest BCUT2D eigenvalue weighted by Crippen LogP contribution is 2.36. The average Bonchev–Trinajstić information content (AvgIpc) is 3.09. The summed E-state index contributed by atoms with van der Waals surface area (Å²) in [6.07, 6.45) is -4.66. The summed E-state index contributed by atoms with van der Waals surface area (Å²) >= 11 is 2.37. The van der Waals surface area contributed by atoms with Crippen molar-refractivity contribution >= 4 is 34.7 Å². The van der Waals surface area contributed by atoms with Gasteiger partial charge in [-0.1, -0.05) is 6.07 Å². The molecule has 140 valence electrons. The van der Waals surface area contributed by atoms with Crippen molar-refractivity contribution in [1.29, 1.82) is 0 Å². The van der Waals surface area contributed by atoms with Crippen LogP contribution in [0.4, 0.5) is 18.9 Å². The van der Waals surface area contributed by atoms with E-state index in [1.165, 1.54) is 11.3 Å². The van der Waals surface area contributed by atoms with Crippen molar-refractivity contribution in [1.82, 2.24) is 4.90 Å². The van der Waals surface area contributed by atoms with Crippen molar-refractivity contribution in [3.63, 3.8) is 0 Å². The summed E-state index contributed by atoms with van der Waals surface area (Å²) in [5.74, 6) is -0.328. The molecule has 0 saturated heterocycles. The zero-order valence-electron chi connectivity index (χ0n) is 13.7. The first-order valence-electron chi connectivity index (χ1n) is 7.51. The molecule has 2 rings (SSSR count). The molecule has 0 aliphatic carbocycles. The Bertz CT molecular complexity index is 780. The molecule has 5 nitrogen and oxygen atoms in total. The molecule has 1 heterocycles. The number of carbonyl (C=O) groups is 1. The van der Waals surface area contributed by atoms with Crippen LogP contribution in [-0.2, 0) is 17.5 Å². The van der Waals surface area contributed by atoms with E-state index in [4.69, 9.17) is 0 Å². The van der Waals surface area contributed by atoms with Gasteiger partial charge >= 0.3 is 6.18 Å². The van der Waals surface area contributed by atoms with Gasteiger partial charge in [0.1, 0.15) is 0 Å². The van der Waals surface area contributed by atoms with Crippen LogP contribution in [0.25, 0.3) is 0 Å². The number of carbonyl (C=O) groups excluding carboxylic acids is 1. The lowest BCUT2D eigenvalue weighted by Gasteiger charge is -2.20. The van der Waals surface area contributed by atoms with E-state index in [0.717, 1.165) is 28.8 Å². The summed E-state index contributed by atoms with van der Waals surface area (Å²) in [6.45, 7) is 2.71. The van der Waals surface area contributed by atoms with Crippen LogP contribution >= 0.6 is 23.1 Å². The maximum atomic E-state index is 12.7. The summed E-state index contributed by atoms with van der Waals surface area (Å²) in [5, 5.41) is 13.0. The summed E-state index contributed by atoms with van der Waals surface area (Å²) in [6, 6.07) is 6.08. The van der Waals surface area contributed by atoms with Gasteiger partial charge in [0, 0.05) is 17.5 Å². The third-order valence-electron chi connectivity index (χ3n) is 3.50. The lowest BCUT2D eigenvalue weighted by molar-refractivity contribution is -0.388. The van der Waals surface area contributed by atoms with Crippen LogP contribution in [0, 0.1) is 10.1 Å². The van der Waals surface area contributed by atoms with Crippen LogP contribution in [0.2, 0.25) is 0 Å². The predicted molar refractivity (Wildman–Crippen MR) is 94.2 cm³/mol. The Hall–Kier alpha value is -2.07. The van der Waals surface area contributed by atoms with Gasteiger partial charge in [-0.2, -0.15) is 13.2 Å². The highest BCUT2D eigenvalue weighted by molar-refractivity contribution is 8.00. The third kappa shape index (κ3) is 5.21. The molecule has 0 aliphatic heterocycles. The molecule has 0 aliphatic rings. The number of nitro groups is 1. The molecule has 0 radical (unpaired) electrons. The minimum Gasteiger partial charge on any atom is -0.337 e. The molecule has 26 heavy (non-hydrogen) atoms. The van der Waals surface area contributed by atoms with Gasteiger partial charge in [0.2, 0.25) is 5.91 Å². The fourth-order valence-electron chi connectivity index (χ4n) is 2.16. The highest BCUT2D eigenvalue weighted by Gasteiger charge is 2.33. The number of rotatable bonds is 7. The molecule has 1 aromatic heterocycles. The van der Waals surface area contributed by atoms with Crippen molar-refractivity contribution in [2.24, 2.45) is 0 Å². The van der Waals surface area contributed by atoms with Gasteiger partial charge in [-0.05, 0) is 30.5 Å². The Morgan fingerprint density at radius 1 is 1.35 bits per heavy atom. The van der Waals surface area contributed by atoms with Gasteiger partial charge in [0.25, 0.3) is 5.69 Å². The van der Waals surface area contributed by atoms with Crippen molar-refractivity contribution in [2.45, 2.75) is 24.5 Å². The molecular weight excluding hydrogens is 389 g/mol. The lowest BCUT2D eigenvalue weighted by atomic mass is 10.2. The Morgan fingerprint density at radius 2 is 2.08 bits per heavy atom. The first-order chi connectivity index (χ1) is 12.2. The number of thioether (sulfide) groups is 1. The van der Waals surface area contributed by atoms with Crippen molar-refractivity contribution in [3.8, 4) is 0 Å². The Balaban J connectivity index is 2.10. The van der Waals surface area contributed by atoms with E-state index < -0.39 is 22.4 Å². The Kier molecular flexibility index (Phi) is 6.65. The molecule has 2 aromatic rings. The van der Waals surface area contributed by atoms with E-state index in [9.17, 15) is 28.1 Å². The largest absolute Gasteiger partial charge is 0.416 e. The molecule has 0 N–H and O–H groups in total. The number of nitrogens with zero attached hydrogens (tertiary/aromatic N) is 2. The van der Waals surface area contributed by atoms with E-state index in [1.807, 2.05) is 24.4 Å². The molecule has 0 spiro atoms. The number of hydrogen-bond acceptors (Lipinski definition) is 5. The van der Waals surface area contributed by atoms with Crippen molar-refractivity contribution in [2.75, 3.05) is 12.3 Å². The average molecular weight is 404 g/mol. The molecule has 1 aromatic carbocycles. The minimum atomic E-state index is -4.66. The quantitative estimate of drug-likeness (QED) is 0.377. The van der Waals surface area contributed by atoms with Crippen LogP contribution in [0.1, 0.15) is 17.4 Å². The van der Waals surface area contributed by atoms with Gasteiger partial charge in [0.15, 0.2) is 0 Å². The van der Waals surface area contributed by atoms with Gasteiger partial charge in [-0.15, -0.1) is 23.1 Å². The summed E-state index contributed by atoms with van der Waals surface area (Å²) in [4.78, 5) is 25.2. The molecule has 10 heteroatoms. The van der Waals surface area contributed by atoms with E-state index >= 15 is 0 Å². The number of halogens is 3. The highest BCUT2D eigenvalue weighted by atomic mass is 32.2. The fraction of sp³-hybridized carbons (Fsp3) is 0.312. The third-order valence-corrected chi connectivity index (χ3v) is 5.40. The SMILES string of the molecule is CCN(Cc1cccs1)C(=O)CSc1ccc(C(F)(F)F)cc1[N+](=O)[O-]. The van der Waals surface area contributed by atoms with Gasteiger partial charge in [-0.3, -0.25) is 14.9 Å². The molecule has 0 atom stereocenters. The number of alkyl halides is 3. The normalized spacial score (nSPS) is 11.4. The first kappa shape index (κ1) is 20.2. The van der Waals surface area contributed by atoms with Crippen LogP contribution in [0.5, 0.6) is 0 Å². The number of amides is 1. The molecule has 0 unspecified atom stereocenters. The monoisotopic (exact) mass is 404 g/mol.